The van der Waals surface area contributed by atoms with E-state index in [4.69, 9.17) is 10.5 Å². The summed E-state index contributed by atoms with van der Waals surface area (Å²) in [4.78, 5) is 4.19. The zero-order valence-electron chi connectivity index (χ0n) is 16.0. The molecule has 1 unspecified atom stereocenters. The van der Waals surface area contributed by atoms with Gasteiger partial charge in [-0.15, -0.1) is 11.8 Å². The van der Waals surface area contributed by atoms with Crippen molar-refractivity contribution < 1.29 is 4.74 Å². The van der Waals surface area contributed by atoms with Crippen LogP contribution in [0.4, 0.5) is 0 Å². The van der Waals surface area contributed by atoms with E-state index >= 15 is 0 Å². The molecule has 1 aliphatic heterocycles. The van der Waals surface area contributed by atoms with Gasteiger partial charge in [0.25, 0.3) is 0 Å². The molecular weight excluding hydrogens is 366 g/mol. The Morgan fingerprint density at radius 2 is 2.04 bits per heavy atom. The van der Waals surface area contributed by atoms with Crippen molar-refractivity contribution in [1.82, 2.24) is 10.3 Å². The highest BCUT2D eigenvalue weighted by molar-refractivity contribution is 8.03. The Bertz CT molecular complexity index is 971. The van der Waals surface area contributed by atoms with E-state index in [0.717, 1.165) is 25.1 Å². The first-order valence-electron chi connectivity index (χ1n) is 9.54. The number of hydrogen-bond acceptors (Lipinski definition) is 5. The van der Waals surface area contributed by atoms with Crippen molar-refractivity contribution in [3.8, 4) is 5.75 Å². The molecule has 3 aromatic rings. The third-order valence-corrected chi connectivity index (χ3v) is 6.33. The summed E-state index contributed by atoms with van der Waals surface area (Å²) in [7, 11) is 1.68. The number of ether oxygens (including phenoxy) is 1. The monoisotopic (exact) mass is 391 g/mol. The fourth-order valence-corrected chi connectivity index (χ4v) is 4.59. The standard InChI is InChI=1S/C23H25N3OS/c1-27-21-6-2-16(3-7-21)12-20(24)15-26-23-9-8-22(28-23)18-4-5-19-14-25-11-10-17(19)13-18/h2-7,9-11,13-14,20,22,26H,8,12,15,24H2,1H3/t20-,22?/m0/s1. The molecule has 2 atom stereocenters. The number of nitrogens with two attached hydrogens (primary N) is 1. The molecule has 0 fully saturated rings. The molecule has 0 radical (unpaired) electrons. The van der Waals surface area contributed by atoms with Crippen molar-refractivity contribution in [2.75, 3.05) is 13.7 Å². The number of nitrogens with zero attached hydrogens (tertiary/aromatic N) is 1. The lowest BCUT2D eigenvalue weighted by Crippen LogP contribution is -2.34. The molecule has 2 heterocycles. The number of fused-ring (bicyclic) bond motifs is 1. The number of thioether (sulfide) groups is 1. The average molecular weight is 392 g/mol. The fourth-order valence-electron chi connectivity index (χ4n) is 3.45. The summed E-state index contributed by atoms with van der Waals surface area (Å²) in [6, 6.07) is 16.9. The van der Waals surface area contributed by atoms with Crippen LogP contribution in [0, 0.1) is 0 Å². The number of methoxy groups -OCH3 is 1. The highest BCUT2D eigenvalue weighted by atomic mass is 32.2. The minimum absolute atomic E-state index is 0.0714. The summed E-state index contributed by atoms with van der Waals surface area (Å²) in [5, 5.41) is 7.64. The van der Waals surface area contributed by atoms with E-state index in [1.165, 1.54) is 26.9 Å². The van der Waals surface area contributed by atoms with E-state index in [2.05, 4.69) is 52.8 Å². The van der Waals surface area contributed by atoms with E-state index in [1.807, 2.05) is 36.3 Å². The third-order valence-electron chi connectivity index (χ3n) is 5.02. The Labute approximate surface area is 170 Å². The van der Waals surface area contributed by atoms with Gasteiger partial charge >= 0.3 is 0 Å². The molecule has 0 bridgehead atoms. The third kappa shape index (κ3) is 4.49. The van der Waals surface area contributed by atoms with Gasteiger partial charge in [-0.05, 0) is 53.6 Å². The summed E-state index contributed by atoms with van der Waals surface area (Å²) >= 11 is 1.89. The first kappa shape index (κ1) is 18.8. The molecule has 0 saturated carbocycles. The van der Waals surface area contributed by atoms with Crippen LogP contribution in [0.1, 0.15) is 22.8 Å². The van der Waals surface area contributed by atoms with Gasteiger partial charge in [-0.1, -0.05) is 30.3 Å². The van der Waals surface area contributed by atoms with Gasteiger partial charge in [0.2, 0.25) is 0 Å². The molecule has 28 heavy (non-hydrogen) atoms. The molecule has 4 rings (SSSR count). The zero-order chi connectivity index (χ0) is 19.3. The average Bonchev–Trinajstić information content (AvgIpc) is 3.21. The minimum atomic E-state index is 0.0714. The van der Waals surface area contributed by atoms with Crippen LogP contribution in [-0.4, -0.2) is 24.7 Å². The fraction of sp³-hybridized carbons (Fsp3) is 0.261. The van der Waals surface area contributed by atoms with E-state index in [-0.39, 0.29) is 6.04 Å². The number of hydrogen-bond donors (Lipinski definition) is 2. The van der Waals surface area contributed by atoms with Crippen LogP contribution in [0.5, 0.6) is 5.75 Å². The number of allylic oxidation sites excluding steroid dienone is 1. The molecule has 2 aromatic carbocycles. The van der Waals surface area contributed by atoms with Gasteiger partial charge < -0.3 is 15.8 Å². The summed E-state index contributed by atoms with van der Waals surface area (Å²) in [5.74, 6) is 0.874. The van der Waals surface area contributed by atoms with Crippen molar-refractivity contribution in [2.24, 2.45) is 5.73 Å². The smallest absolute Gasteiger partial charge is 0.118 e. The van der Waals surface area contributed by atoms with Gasteiger partial charge in [0.1, 0.15) is 5.75 Å². The van der Waals surface area contributed by atoms with E-state index < -0.39 is 0 Å². The summed E-state index contributed by atoms with van der Waals surface area (Å²) < 4.78 is 5.20. The first-order chi connectivity index (χ1) is 13.7. The van der Waals surface area contributed by atoms with Gasteiger partial charge in [-0.3, -0.25) is 4.98 Å². The Morgan fingerprint density at radius 1 is 1.18 bits per heavy atom. The maximum atomic E-state index is 6.33. The van der Waals surface area contributed by atoms with Gasteiger partial charge in [0.05, 0.1) is 12.1 Å². The SMILES string of the molecule is COc1ccc(C[C@H](N)CNC2=CCC(c3ccc4cnccc4c3)S2)cc1. The summed E-state index contributed by atoms with van der Waals surface area (Å²) in [5.41, 5.74) is 8.92. The molecule has 0 spiro atoms. The minimum Gasteiger partial charge on any atom is -0.497 e. The highest BCUT2D eigenvalue weighted by Crippen LogP contribution is 2.42. The molecule has 3 N–H and O–H groups in total. The largest absolute Gasteiger partial charge is 0.497 e. The maximum Gasteiger partial charge on any atom is 0.118 e. The lowest BCUT2D eigenvalue weighted by molar-refractivity contribution is 0.414. The molecule has 0 amide bonds. The Balaban J connectivity index is 1.29. The molecule has 1 aromatic heterocycles. The number of pyridine rings is 1. The van der Waals surface area contributed by atoms with E-state index in [1.54, 1.807) is 7.11 Å². The molecule has 0 aliphatic carbocycles. The second-order valence-corrected chi connectivity index (χ2v) is 8.33. The highest BCUT2D eigenvalue weighted by Gasteiger charge is 2.20. The Kier molecular flexibility index (Phi) is 5.84. The molecule has 1 aliphatic rings. The first-order valence-corrected chi connectivity index (χ1v) is 10.4. The lowest BCUT2D eigenvalue weighted by Gasteiger charge is -2.16. The van der Waals surface area contributed by atoms with Crippen molar-refractivity contribution in [1.29, 1.82) is 0 Å². The molecule has 5 heteroatoms. The van der Waals surface area contributed by atoms with Gasteiger partial charge in [-0.25, -0.2) is 0 Å². The lowest BCUT2D eigenvalue weighted by atomic mass is 10.0. The molecular formula is C23H25N3OS. The molecule has 4 nitrogen and oxygen atoms in total. The van der Waals surface area contributed by atoms with E-state index in [9.17, 15) is 0 Å². The zero-order valence-corrected chi connectivity index (χ0v) is 16.8. The van der Waals surface area contributed by atoms with E-state index in [0.29, 0.717) is 5.25 Å². The predicted molar refractivity (Wildman–Crippen MR) is 117 cm³/mol. The van der Waals surface area contributed by atoms with Gasteiger partial charge in [0, 0.05) is 35.6 Å². The normalized spacial score (nSPS) is 17.4. The number of nitrogens with one attached hydrogen (secondary N) is 1. The molecule has 144 valence electrons. The summed E-state index contributed by atoms with van der Waals surface area (Å²) in [6.45, 7) is 0.765. The van der Waals surface area contributed by atoms with Crippen LogP contribution in [0.2, 0.25) is 0 Å². The van der Waals surface area contributed by atoms with Crippen LogP contribution in [-0.2, 0) is 6.42 Å². The number of aromatic nitrogens is 1. The second-order valence-electron chi connectivity index (χ2n) is 7.09. The summed E-state index contributed by atoms with van der Waals surface area (Å²) in [6.07, 6.45) is 7.93. The van der Waals surface area contributed by atoms with Crippen molar-refractivity contribution in [3.05, 3.63) is 83.2 Å². The molecule has 0 saturated heterocycles. The predicted octanol–water partition coefficient (Wildman–Crippen LogP) is 4.42. The quantitative estimate of drug-likeness (QED) is 0.624. The second kappa shape index (κ2) is 8.67. The van der Waals surface area contributed by atoms with Crippen molar-refractivity contribution >= 4 is 22.5 Å². The van der Waals surface area contributed by atoms with Gasteiger partial charge in [0.15, 0.2) is 0 Å². The number of benzene rings is 2. The van der Waals surface area contributed by atoms with Crippen LogP contribution >= 0.6 is 11.8 Å². The topological polar surface area (TPSA) is 60.2 Å². The Morgan fingerprint density at radius 3 is 2.86 bits per heavy atom. The van der Waals surface area contributed by atoms with Gasteiger partial charge in [-0.2, -0.15) is 0 Å². The Hall–Kier alpha value is -2.50. The van der Waals surface area contributed by atoms with Crippen LogP contribution in [0.3, 0.4) is 0 Å². The van der Waals surface area contributed by atoms with Crippen LogP contribution < -0.4 is 15.8 Å². The van der Waals surface area contributed by atoms with Crippen LogP contribution in [0.25, 0.3) is 10.8 Å². The van der Waals surface area contributed by atoms with Crippen LogP contribution in [0.15, 0.2) is 72.0 Å². The van der Waals surface area contributed by atoms with Crippen molar-refractivity contribution in [3.63, 3.8) is 0 Å². The number of rotatable bonds is 7. The maximum absolute atomic E-state index is 6.33. The van der Waals surface area contributed by atoms with Crippen molar-refractivity contribution in [2.45, 2.75) is 24.1 Å².